The van der Waals surface area contributed by atoms with E-state index in [9.17, 15) is 13.7 Å². The molecule has 0 fully saturated rings. The van der Waals surface area contributed by atoms with E-state index in [1.54, 1.807) is 12.1 Å². The van der Waals surface area contributed by atoms with Gasteiger partial charge in [0.05, 0.1) is 50.8 Å². The van der Waals surface area contributed by atoms with E-state index >= 15 is 0 Å². The summed E-state index contributed by atoms with van der Waals surface area (Å²) in [4.78, 5) is 2.20. The van der Waals surface area contributed by atoms with Crippen LogP contribution in [0.25, 0.3) is 0 Å². The Morgan fingerprint density at radius 2 is 1.26 bits per heavy atom. The molecule has 0 amide bonds. The van der Waals surface area contributed by atoms with Crippen molar-refractivity contribution in [3.63, 3.8) is 0 Å². The Balaban J connectivity index is 0.000000934. The topological polar surface area (TPSA) is 162 Å². The second-order valence-electron chi connectivity index (χ2n) is 9.71. The van der Waals surface area contributed by atoms with Gasteiger partial charge in [-0.25, -0.2) is 31.8 Å². The maximum atomic E-state index is 13.8. The Bertz CT molecular complexity index is 1580. The van der Waals surface area contributed by atoms with Crippen LogP contribution in [0, 0.1) is 35.4 Å². The smallest absolute Gasteiger partial charge is 0.164 e. The summed E-state index contributed by atoms with van der Waals surface area (Å²) in [5, 5.41) is 9.21. The van der Waals surface area contributed by atoms with E-state index in [1.165, 1.54) is 0 Å². The summed E-state index contributed by atoms with van der Waals surface area (Å²) >= 11 is 0. The number of nitrogens with zero attached hydrogens (tertiary/aromatic N) is 1. The number of hydrogen-bond acceptors (Lipinski definition) is 7. The second kappa shape index (κ2) is 15.7. The summed E-state index contributed by atoms with van der Waals surface area (Å²) in [6.07, 6.45) is 4.31. The fraction of sp³-hybridized carbons (Fsp3) is 0.194. The minimum absolute atomic E-state index is 0.122. The number of halogens is 1. The lowest BCUT2D eigenvalue weighted by atomic mass is 9.98. The zero-order valence-electron chi connectivity index (χ0n) is 23.9. The Morgan fingerprint density at radius 3 is 1.74 bits per heavy atom. The lowest BCUT2D eigenvalue weighted by Crippen LogP contribution is -2.68. The molecule has 0 bridgehead atoms. The van der Waals surface area contributed by atoms with Gasteiger partial charge in [-0.1, -0.05) is 65.7 Å². The molecule has 1 N–H and O–H groups in total. The molecule has 4 rings (SSSR count). The van der Waals surface area contributed by atoms with E-state index < -0.39 is 32.0 Å². The maximum absolute atomic E-state index is 13.8. The largest absolute Gasteiger partial charge is 0.249 e. The van der Waals surface area contributed by atoms with E-state index in [-0.39, 0.29) is 22.2 Å². The predicted molar refractivity (Wildman–Crippen MR) is 159 cm³/mol. The molecule has 4 aromatic rings. The molecule has 43 heavy (non-hydrogen) atoms. The quantitative estimate of drug-likeness (QED) is 0.267. The molecule has 0 unspecified atom stereocenters. The van der Waals surface area contributed by atoms with Gasteiger partial charge in [0.1, 0.15) is 11.0 Å². The number of nitrogens with one attached hydrogen (secondary N) is 1. The standard InChI is InChI=1S/C31H31N2O2S3.ClHO4/c1-22-9-17-26(18-10-22)37(34)29-8-6-5-7-28(29)31(36(3)4)30(25-15-13-24(21-32)14-16-25)33-38(35)27-19-11-23(2)12-20-27;2-1(3,4)5/h5-20,30-31,33H,1-4H3;(H,2,3,4,5)/q+1;/p-1/t30-,31+,37+,38+;/m1./s1. The van der Waals surface area contributed by atoms with E-state index in [2.05, 4.69) is 23.3 Å². The van der Waals surface area contributed by atoms with Gasteiger partial charge >= 0.3 is 0 Å². The zero-order chi connectivity index (χ0) is 31.7. The highest BCUT2D eigenvalue weighted by Crippen LogP contribution is 2.39. The van der Waals surface area contributed by atoms with E-state index in [4.69, 9.17) is 18.6 Å². The van der Waals surface area contributed by atoms with Crippen LogP contribution in [0.15, 0.2) is 112 Å². The molecule has 0 radical (unpaired) electrons. The maximum Gasteiger partial charge on any atom is 0.164 e. The third kappa shape index (κ3) is 10.4. The molecule has 4 aromatic carbocycles. The third-order valence-corrected chi connectivity index (χ3v) is 10.5. The fourth-order valence-corrected chi connectivity index (χ4v) is 8.21. The molecule has 0 aromatic heterocycles. The molecule has 8 nitrogen and oxygen atoms in total. The van der Waals surface area contributed by atoms with Gasteiger partial charge in [0.2, 0.25) is 0 Å². The van der Waals surface area contributed by atoms with Crippen molar-refractivity contribution in [2.45, 2.75) is 39.8 Å². The van der Waals surface area contributed by atoms with Crippen molar-refractivity contribution in [2.24, 2.45) is 0 Å². The van der Waals surface area contributed by atoms with Crippen molar-refractivity contribution in [3.05, 3.63) is 125 Å². The molecule has 12 heteroatoms. The Hall–Kier alpha value is -2.89. The van der Waals surface area contributed by atoms with Crippen LogP contribution in [0.5, 0.6) is 0 Å². The molecule has 0 aliphatic carbocycles. The highest BCUT2D eigenvalue weighted by Gasteiger charge is 2.38. The summed E-state index contributed by atoms with van der Waals surface area (Å²) in [6.45, 7) is 4.01. The van der Waals surface area contributed by atoms with Gasteiger partial charge in [0.25, 0.3) is 0 Å². The molecule has 0 heterocycles. The number of aryl methyl sites for hydroxylation is 2. The van der Waals surface area contributed by atoms with Gasteiger partial charge in [-0.05, 0) is 72.8 Å². The van der Waals surface area contributed by atoms with Crippen LogP contribution >= 0.6 is 0 Å². The van der Waals surface area contributed by atoms with E-state index in [1.807, 2.05) is 98.8 Å². The first-order valence-electron chi connectivity index (χ1n) is 12.8. The first-order valence-corrected chi connectivity index (χ1v) is 18.4. The average Bonchev–Trinajstić information content (AvgIpc) is 2.96. The highest BCUT2D eigenvalue weighted by molar-refractivity contribution is 7.95. The number of benzene rings is 4. The Kier molecular flexibility index (Phi) is 12.6. The molecule has 0 aliphatic rings. The van der Waals surface area contributed by atoms with Gasteiger partial charge in [0, 0.05) is 10.5 Å². The first-order chi connectivity index (χ1) is 20.3. The lowest BCUT2D eigenvalue weighted by molar-refractivity contribution is -2.00. The SMILES string of the molecule is Cc1ccc([S@](=O)c2ccccc2[C@@H]([C@H](N[S@@](=O)c2ccc(C)cc2)c2ccc(C#N)cc2)[S+](C)C)cc1.[O-][Cl+3]([O-])([O-])[O-]. The molecular weight excluding hydrogens is 628 g/mol. The second-order valence-corrected chi connectivity index (χ2v) is 15.4. The molecule has 4 atom stereocenters. The summed E-state index contributed by atoms with van der Waals surface area (Å²) in [6, 6.07) is 32.5. The molecule has 0 saturated carbocycles. The van der Waals surface area contributed by atoms with Gasteiger partial charge in [0.15, 0.2) is 5.25 Å². The fourth-order valence-electron chi connectivity index (χ4n) is 4.29. The van der Waals surface area contributed by atoms with Crippen LogP contribution in [0.2, 0.25) is 0 Å². The molecule has 226 valence electrons. The molecule has 0 aliphatic heterocycles. The van der Waals surface area contributed by atoms with Gasteiger partial charge in [-0.2, -0.15) is 5.26 Å². The van der Waals surface area contributed by atoms with Crippen LogP contribution in [0.1, 0.15) is 39.1 Å². The Morgan fingerprint density at radius 1 is 0.767 bits per heavy atom. The van der Waals surface area contributed by atoms with Gasteiger partial charge in [-0.3, -0.25) is 0 Å². The minimum atomic E-state index is -4.94. The third-order valence-electron chi connectivity index (χ3n) is 6.34. The highest BCUT2D eigenvalue weighted by atomic mass is 35.7. The zero-order valence-corrected chi connectivity index (χ0v) is 27.1. The van der Waals surface area contributed by atoms with Gasteiger partial charge < -0.3 is 0 Å². The van der Waals surface area contributed by atoms with Crippen molar-refractivity contribution in [1.82, 2.24) is 4.72 Å². The lowest BCUT2D eigenvalue weighted by Gasteiger charge is -2.27. The number of hydrogen-bond donors (Lipinski definition) is 1. The van der Waals surface area contributed by atoms with Crippen molar-refractivity contribution >= 4 is 32.7 Å². The van der Waals surface area contributed by atoms with Gasteiger partial charge in [-0.15, -0.1) is 10.2 Å². The van der Waals surface area contributed by atoms with Crippen LogP contribution in [0.4, 0.5) is 0 Å². The van der Waals surface area contributed by atoms with Crippen LogP contribution in [-0.2, 0) is 32.7 Å². The first kappa shape index (κ1) is 34.6. The number of nitriles is 1. The van der Waals surface area contributed by atoms with Crippen molar-refractivity contribution in [2.75, 3.05) is 12.5 Å². The molecule has 0 spiro atoms. The van der Waals surface area contributed by atoms with Crippen molar-refractivity contribution in [1.29, 1.82) is 5.26 Å². The van der Waals surface area contributed by atoms with Crippen LogP contribution in [-0.4, -0.2) is 20.9 Å². The molecular formula is C31H31ClN2O6S3. The summed E-state index contributed by atoms with van der Waals surface area (Å²) < 4.78 is 64.8. The molecule has 0 saturated heterocycles. The summed E-state index contributed by atoms with van der Waals surface area (Å²) in [7, 11) is -8.00. The average molecular weight is 659 g/mol. The monoisotopic (exact) mass is 658 g/mol. The van der Waals surface area contributed by atoms with Crippen molar-refractivity contribution in [3.8, 4) is 6.07 Å². The van der Waals surface area contributed by atoms with E-state index in [0.717, 1.165) is 32.0 Å². The van der Waals surface area contributed by atoms with Crippen LogP contribution in [0.3, 0.4) is 0 Å². The van der Waals surface area contributed by atoms with Crippen LogP contribution < -0.4 is 23.4 Å². The summed E-state index contributed by atoms with van der Waals surface area (Å²) in [5.74, 6) is 0. The minimum Gasteiger partial charge on any atom is -0.249 e. The predicted octanol–water partition coefficient (Wildman–Crippen LogP) is 1.56. The number of rotatable bonds is 9. The Labute approximate surface area is 262 Å². The van der Waals surface area contributed by atoms with Crippen molar-refractivity contribution < 1.29 is 37.3 Å². The van der Waals surface area contributed by atoms with E-state index in [0.29, 0.717) is 10.5 Å². The normalized spacial score (nSPS) is 14.1. The summed E-state index contributed by atoms with van der Waals surface area (Å²) in [5.41, 5.74) is 4.67.